The lowest BCUT2D eigenvalue weighted by molar-refractivity contribution is -0.148. The number of pyridine rings is 1. The van der Waals surface area contributed by atoms with Gasteiger partial charge in [0.2, 0.25) is 0 Å². The molecule has 1 atom stereocenters. The van der Waals surface area contributed by atoms with Gasteiger partial charge in [-0.2, -0.15) is 5.26 Å². The molecular weight excluding hydrogens is 394 g/mol. The zero-order valence-corrected chi connectivity index (χ0v) is 17.2. The van der Waals surface area contributed by atoms with Crippen LogP contribution in [0.2, 0.25) is 5.02 Å². The zero-order valence-electron chi connectivity index (χ0n) is 16.5. The third-order valence-corrected chi connectivity index (χ3v) is 4.86. The number of nitriles is 1. The van der Waals surface area contributed by atoms with Gasteiger partial charge in [-0.1, -0.05) is 23.7 Å². The molecule has 29 heavy (non-hydrogen) atoms. The Morgan fingerprint density at radius 1 is 1.28 bits per heavy atom. The highest BCUT2D eigenvalue weighted by atomic mass is 35.5. The number of hydrogen-bond donors (Lipinski definition) is 2. The van der Waals surface area contributed by atoms with Crippen molar-refractivity contribution in [3.8, 4) is 6.07 Å². The van der Waals surface area contributed by atoms with E-state index in [1.807, 2.05) is 25.1 Å². The summed E-state index contributed by atoms with van der Waals surface area (Å²) in [6, 6.07) is 8.70. The average molecular weight is 416 g/mol. The van der Waals surface area contributed by atoms with Gasteiger partial charge < -0.3 is 15.0 Å². The number of esters is 1. The van der Waals surface area contributed by atoms with Crippen molar-refractivity contribution in [2.75, 3.05) is 6.61 Å². The summed E-state index contributed by atoms with van der Waals surface area (Å²) in [6.07, 6.45) is 0.323. The van der Waals surface area contributed by atoms with Gasteiger partial charge in [-0.25, -0.2) is 0 Å². The van der Waals surface area contributed by atoms with E-state index < -0.39 is 17.4 Å². The van der Waals surface area contributed by atoms with Crippen LogP contribution in [-0.2, 0) is 20.7 Å². The number of rotatable bonds is 7. The van der Waals surface area contributed by atoms with E-state index in [0.29, 0.717) is 22.7 Å². The molecule has 1 heterocycles. The van der Waals surface area contributed by atoms with Crippen molar-refractivity contribution >= 4 is 23.5 Å². The van der Waals surface area contributed by atoms with Crippen LogP contribution in [-0.4, -0.2) is 23.5 Å². The van der Waals surface area contributed by atoms with Crippen LogP contribution in [0.3, 0.4) is 0 Å². The van der Waals surface area contributed by atoms with Gasteiger partial charge in [-0.05, 0) is 56.0 Å². The molecule has 0 bridgehead atoms. The predicted molar refractivity (Wildman–Crippen MR) is 109 cm³/mol. The van der Waals surface area contributed by atoms with Gasteiger partial charge in [0.15, 0.2) is 6.61 Å². The van der Waals surface area contributed by atoms with E-state index in [9.17, 15) is 14.4 Å². The van der Waals surface area contributed by atoms with Crippen molar-refractivity contribution in [1.29, 1.82) is 5.26 Å². The molecule has 1 aromatic heterocycles. The maximum absolute atomic E-state index is 12.0. The van der Waals surface area contributed by atoms with E-state index in [0.717, 1.165) is 11.1 Å². The first-order valence-electron chi connectivity index (χ1n) is 9.05. The lowest BCUT2D eigenvalue weighted by Crippen LogP contribution is -2.31. The summed E-state index contributed by atoms with van der Waals surface area (Å²) >= 11 is 5.85. The van der Waals surface area contributed by atoms with Crippen molar-refractivity contribution in [1.82, 2.24) is 10.3 Å². The number of amides is 1. The molecule has 1 aromatic carbocycles. The number of benzene rings is 1. The van der Waals surface area contributed by atoms with E-state index in [2.05, 4.69) is 10.3 Å². The Bertz CT molecular complexity index is 1010. The number of carbonyl (C=O) groups excluding carboxylic acids is 2. The molecule has 0 saturated heterocycles. The van der Waals surface area contributed by atoms with Gasteiger partial charge in [0.1, 0.15) is 11.6 Å². The van der Waals surface area contributed by atoms with Crippen molar-refractivity contribution in [3.05, 3.63) is 67.6 Å². The molecule has 0 saturated carbocycles. The van der Waals surface area contributed by atoms with Gasteiger partial charge in [0.05, 0.1) is 6.04 Å². The maximum atomic E-state index is 12.0. The SMILES string of the molecule is Cc1[nH]c(=O)c(C#N)c(C)c1CCC(=O)OCC(=O)N[C@H](C)c1ccc(Cl)cc1. The van der Waals surface area contributed by atoms with Gasteiger partial charge in [0, 0.05) is 17.1 Å². The molecule has 2 aromatic rings. The lowest BCUT2D eigenvalue weighted by Gasteiger charge is -2.15. The molecular formula is C21H22ClN3O4. The molecule has 0 aliphatic rings. The molecule has 0 radical (unpaired) electrons. The quantitative estimate of drug-likeness (QED) is 0.675. The number of aromatic amines is 1. The normalized spacial score (nSPS) is 11.4. The maximum Gasteiger partial charge on any atom is 0.306 e. The third kappa shape index (κ3) is 5.93. The summed E-state index contributed by atoms with van der Waals surface area (Å²) in [7, 11) is 0. The number of hydrogen-bond acceptors (Lipinski definition) is 5. The zero-order chi connectivity index (χ0) is 21.6. The first kappa shape index (κ1) is 22.2. The number of H-pyrrole nitrogens is 1. The second kappa shape index (κ2) is 9.89. The summed E-state index contributed by atoms with van der Waals surface area (Å²) in [6.45, 7) is 4.82. The minimum Gasteiger partial charge on any atom is -0.456 e. The number of aromatic nitrogens is 1. The number of carbonyl (C=O) groups is 2. The number of halogens is 1. The van der Waals surface area contributed by atoms with E-state index >= 15 is 0 Å². The highest BCUT2D eigenvalue weighted by molar-refractivity contribution is 6.30. The second-order valence-corrected chi connectivity index (χ2v) is 7.11. The van der Waals surface area contributed by atoms with Crippen molar-refractivity contribution in [3.63, 3.8) is 0 Å². The Morgan fingerprint density at radius 2 is 1.93 bits per heavy atom. The molecule has 1 amide bonds. The van der Waals surface area contributed by atoms with E-state index in [1.54, 1.807) is 26.0 Å². The Hall–Kier alpha value is -3.11. The van der Waals surface area contributed by atoms with Crippen LogP contribution in [0, 0.1) is 25.2 Å². The van der Waals surface area contributed by atoms with Crippen LogP contribution < -0.4 is 10.9 Å². The smallest absolute Gasteiger partial charge is 0.306 e. The van der Waals surface area contributed by atoms with Gasteiger partial charge in [-0.15, -0.1) is 0 Å². The summed E-state index contributed by atoms with van der Waals surface area (Å²) in [5, 5.41) is 12.4. The van der Waals surface area contributed by atoms with Crippen LogP contribution in [0.25, 0.3) is 0 Å². The fraction of sp³-hybridized carbons (Fsp3) is 0.333. The van der Waals surface area contributed by atoms with Crippen molar-refractivity contribution < 1.29 is 14.3 Å². The van der Waals surface area contributed by atoms with E-state index in [4.69, 9.17) is 21.6 Å². The highest BCUT2D eigenvalue weighted by Crippen LogP contribution is 2.16. The van der Waals surface area contributed by atoms with Crippen LogP contribution in [0.15, 0.2) is 29.1 Å². The number of nitrogens with zero attached hydrogens (tertiary/aromatic N) is 1. The first-order valence-corrected chi connectivity index (χ1v) is 9.43. The van der Waals surface area contributed by atoms with Crippen LogP contribution in [0.5, 0.6) is 0 Å². The topological polar surface area (TPSA) is 112 Å². The molecule has 152 valence electrons. The van der Waals surface area contributed by atoms with Gasteiger partial charge in [0.25, 0.3) is 11.5 Å². The minimum atomic E-state index is -0.539. The van der Waals surface area contributed by atoms with E-state index in [1.165, 1.54) is 0 Å². The van der Waals surface area contributed by atoms with Crippen LogP contribution >= 0.6 is 11.6 Å². The standard InChI is InChI=1S/C21H22ClN3O4/c1-12-17(14(3)25-21(28)18(12)10-23)8-9-20(27)29-11-19(26)24-13(2)15-4-6-16(22)7-5-15/h4-7,13H,8-9,11H2,1-3H3,(H,24,26)(H,25,28)/t13-/m1/s1. The minimum absolute atomic E-state index is 0.0264. The monoisotopic (exact) mass is 415 g/mol. The van der Waals surface area contributed by atoms with Crippen LogP contribution in [0.4, 0.5) is 0 Å². The Balaban J connectivity index is 1.86. The summed E-state index contributed by atoms with van der Waals surface area (Å²) in [5.74, 6) is -0.952. The molecule has 0 aliphatic carbocycles. The Kier molecular flexibility index (Phi) is 7.57. The number of nitrogens with one attached hydrogen (secondary N) is 2. The third-order valence-electron chi connectivity index (χ3n) is 4.61. The highest BCUT2D eigenvalue weighted by Gasteiger charge is 2.15. The predicted octanol–water partition coefficient (Wildman–Crippen LogP) is 2.87. The summed E-state index contributed by atoms with van der Waals surface area (Å²) < 4.78 is 5.03. The number of ether oxygens (including phenoxy) is 1. The molecule has 0 aliphatic heterocycles. The largest absolute Gasteiger partial charge is 0.456 e. The molecule has 2 N–H and O–H groups in total. The van der Waals surface area contributed by atoms with Gasteiger partial charge in [-0.3, -0.25) is 14.4 Å². The fourth-order valence-corrected chi connectivity index (χ4v) is 3.11. The van der Waals surface area contributed by atoms with E-state index in [-0.39, 0.29) is 24.6 Å². The number of aryl methyl sites for hydroxylation is 1. The molecule has 0 unspecified atom stereocenters. The Morgan fingerprint density at radius 3 is 2.55 bits per heavy atom. The van der Waals surface area contributed by atoms with Crippen molar-refractivity contribution in [2.45, 2.75) is 39.7 Å². The first-order chi connectivity index (χ1) is 13.7. The summed E-state index contributed by atoms with van der Waals surface area (Å²) in [4.78, 5) is 38.4. The lowest BCUT2D eigenvalue weighted by atomic mass is 9.99. The second-order valence-electron chi connectivity index (χ2n) is 6.67. The molecule has 0 spiro atoms. The van der Waals surface area contributed by atoms with Crippen LogP contribution in [0.1, 0.15) is 47.3 Å². The molecule has 0 fully saturated rings. The average Bonchev–Trinajstić information content (AvgIpc) is 2.66. The fourth-order valence-electron chi connectivity index (χ4n) is 2.98. The molecule has 7 nitrogen and oxygen atoms in total. The molecule has 2 rings (SSSR count). The summed E-state index contributed by atoms with van der Waals surface area (Å²) in [5.41, 5.74) is 2.35. The Labute approximate surface area is 173 Å². The van der Waals surface area contributed by atoms with Gasteiger partial charge >= 0.3 is 5.97 Å². The van der Waals surface area contributed by atoms with Crippen molar-refractivity contribution in [2.24, 2.45) is 0 Å². The molecule has 8 heteroatoms.